The van der Waals surface area contributed by atoms with Crippen molar-refractivity contribution in [3.63, 3.8) is 0 Å². The molecule has 0 amide bonds. The van der Waals surface area contributed by atoms with Crippen LogP contribution in [0, 0.1) is 19.8 Å². The number of ketones is 1. The van der Waals surface area contributed by atoms with E-state index in [1.165, 1.54) is 11.1 Å². The van der Waals surface area contributed by atoms with E-state index < -0.39 is 0 Å². The van der Waals surface area contributed by atoms with Crippen LogP contribution < -0.4 is 0 Å². The van der Waals surface area contributed by atoms with E-state index in [2.05, 4.69) is 81.5 Å². The largest absolute Gasteiger partial charge is 0.289 e. The van der Waals surface area contributed by atoms with Crippen LogP contribution in [0.15, 0.2) is 59.7 Å². The second-order valence-corrected chi connectivity index (χ2v) is 7.00. The summed E-state index contributed by atoms with van der Waals surface area (Å²) in [6.07, 6.45) is 5.83. The van der Waals surface area contributed by atoms with E-state index in [1.54, 1.807) is 0 Å². The molecule has 1 saturated carbocycles. The van der Waals surface area contributed by atoms with Crippen LogP contribution in [0.2, 0.25) is 0 Å². The van der Waals surface area contributed by atoms with Crippen molar-refractivity contribution in [2.45, 2.75) is 33.6 Å². The Bertz CT molecular complexity index is 721. The Kier molecular flexibility index (Phi) is 4.80. The Hall–Kier alpha value is -2.41. The van der Waals surface area contributed by atoms with E-state index >= 15 is 0 Å². The van der Waals surface area contributed by atoms with Gasteiger partial charge < -0.3 is 0 Å². The molecule has 0 N–H and O–H groups in total. The number of allylic oxidation sites excluding steroid dienone is 2. The molecular weight excluding hydrogens is 292 g/mol. The molecular formula is C23H24O. The molecule has 1 heteroatoms. The molecule has 0 spiro atoms. The predicted octanol–water partition coefficient (Wildman–Crippen LogP) is 5.77. The molecule has 1 aliphatic carbocycles. The first-order valence-corrected chi connectivity index (χ1v) is 8.60. The summed E-state index contributed by atoms with van der Waals surface area (Å²) in [6.45, 7) is 6.37. The third kappa shape index (κ3) is 3.91. The van der Waals surface area contributed by atoms with E-state index in [-0.39, 0.29) is 5.78 Å². The minimum absolute atomic E-state index is 0.203. The van der Waals surface area contributed by atoms with Gasteiger partial charge in [-0.1, -0.05) is 66.6 Å². The van der Waals surface area contributed by atoms with Gasteiger partial charge in [0.1, 0.15) is 0 Å². The quantitative estimate of drug-likeness (QED) is 0.643. The fourth-order valence-electron chi connectivity index (χ4n) is 3.19. The summed E-state index contributed by atoms with van der Waals surface area (Å²) < 4.78 is 0. The fourth-order valence-corrected chi connectivity index (χ4v) is 3.19. The number of carbonyl (C=O) groups is 1. The molecule has 1 fully saturated rings. The molecule has 24 heavy (non-hydrogen) atoms. The predicted molar refractivity (Wildman–Crippen MR) is 102 cm³/mol. The molecule has 122 valence electrons. The van der Waals surface area contributed by atoms with Gasteiger partial charge in [0.05, 0.1) is 0 Å². The van der Waals surface area contributed by atoms with E-state index in [0.29, 0.717) is 5.92 Å². The minimum Gasteiger partial charge on any atom is -0.289 e. The summed E-state index contributed by atoms with van der Waals surface area (Å²) in [5.74, 6) is 0.699. The van der Waals surface area contributed by atoms with Crippen LogP contribution in [-0.2, 0) is 4.79 Å². The Morgan fingerprint density at radius 3 is 1.50 bits per heavy atom. The van der Waals surface area contributed by atoms with E-state index in [1.807, 2.05) is 0 Å². The molecule has 0 radical (unpaired) electrons. The first-order chi connectivity index (χ1) is 11.5. The molecule has 1 atom stereocenters. The van der Waals surface area contributed by atoms with Gasteiger partial charge in [0, 0.05) is 11.1 Å². The van der Waals surface area contributed by atoms with Gasteiger partial charge in [0.15, 0.2) is 5.78 Å². The maximum atomic E-state index is 12.9. The second kappa shape index (κ2) is 7.00. The second-order valence-electron chi connectivity index (χ2n) is 7.00. The number of benzene rings is 2. The average molecular weight is 316 g/mol. The summed E-state index contributed by atoms with van der Waals surface area (Å²) >= 11 is 0. The van der Waals surface area contributed by atoms with E-state index in [0.717, 1.165) is 35.1 Å². The number of hydrogen-bond acceptors (Lipinski definition) is 1. The lowest BCUT2D eigenvalue weighted by molar-refractivity contribution is -0.113. The lowest BCUT2D eigenvalue weighted by Gasteiger charge is -2.22. The zero-order chi connectivity index (χ0) is 17.1. The highest BCUT2D eigenvalue weighted by Gasteiger charge is 2.25. The van der Waals surface area contributed by atoms with Gasteiger partial charge in [-0.25, -0.2) is 0 Å². The summed E-state index contributed by atoms with van der Waals surface area (Å²) in [5.41, 5.74) is 6.54. The smallest absolute Gasteiger partial charge is 0.185 e. The highest BCUT2D eigenvalue weighted by Crippen LogP contribution is 2.32. The molecule has 1 unspecified atom stereocenters. The van der Waals surface area contributed by atoms with Crippen LogP contribution in [0.25, 0.3) is 12.2 Å². The van der Waals surface area contributed by atoms with Crippen molar-refractivity contribution in [1.82, 2.24) is 0 Å². The van der Waals surface area contributed by atoms with Gasteiger partial charge in [0.2, 0.25) is 0 Å². The Labute approximate surface area is 144 Å². The molecule has 0 heterocycles. The minimum atomic E-state index is 0.203. The van der Waals surface area contributed by atoms with Crippen LogP contribution >= 0.6 is 0 Å². The van der Waals surface area contributed by atoms with Crippen molar-refractivity contribution in [2.24, 2.45) is 5.92 Å². The molecule has 1 aliphatic rings. The van der Waals surface area contributed by atoms with E-state index in [9.17, 15) is 4.79 Å². The van der Waals surface area contributed by atoms with Crippen LogP contribution in [0.4, 0.5) is 0 Å². The topological polar surface area (TPSA) is 17.1 Å². The number of rotatable bonds is 2. The molecule has 0 bridgehead atoms. The van der Waals surface area contributed by atoms with Crippen molar-refractivity contribution in [2.75, 3.05) is 0 Å². The Morgan fingerprint density at radius 2 is 1.12 bits per heavy atom. The first kappa shape index (κ1) is 16.4. The number of Topliss-reactive ketones (excluding diaryl/α,β-unsaturated/α-hetero) is 1. The van der Waals surface area contributed by atoms with Gasteiger partial charge in [0.25, 0.3) is 0 Å². The summed E-state index contributed by atoms with van der Waals surface area (Å²) in [6, 6.07) is 16.7. The highest BCUT2D eigenvalue weighted by atomic mass is 16.1. The van der Waals surface area contributed by atoms with Gasteiger partial charge in [-0.05, 0) is 55.9 Å². The normalized spacial score (nSPS) is 21.5. The van der Waals surface area contributed by atoms with Crippen LogP contribution in [0.5, 0.6) is 0 Å². The van der Waals surface area contributed by atoms with Crippen molar-refractivity contribution >= 4 is 17.9 Å². The van der Waals surface area contributed by atoms with Crippen molar-refractivity contribution in [1.29, 1.82) is 0 Å². The van der Waals surface area contributed by atoms with Crippen molar-refractivity contribution < 1.29 is 4.79 Å². The van der Waals surface area contributed by atoms with Crippen LogP contribution in [-0.4, -0.2) is 5.78 Å². The van der Waals surface area contributed by atoms with Gasteiger partial charge >= 0.3 is 0 Å². The SMILES string of the molecule is Cc1ccc(/C=C2/CC(C)C/C(=C\c3ccc(C)cc3)C2=O)cc1. The van der Waals surface area contributed by atoms with Gasteiger partial charge in [-0.15, -0.1) is 0 Å². The lowest BCUT2D eigenvalue weighted by atomic mass is 9.81. The summed E-state index contributed by atoms with van der Waals surface area (Å²) in [5, 5.41) is 0. The lowest BCUT2D eigenvalue weighted by Crippen LogP contribution is -2.18. The third-order valence-electron chi connectivity index (χ3n) is 4.56. The molecule has 0 aromatic heterocycles. The number of hydrogen-bond donors (Lipinski definition) is 0. The molecule has 0 aliphatic heterocycles. The zero-order valence-electron chi connectivity index (χ0n) is 14.7. The molecule has 3 rings (SSSR count). The number of carbonyl (C=O) groups excluding carboxylic acids is 1. The maximum absolute atomic E-state index is 12.9. The molecule has 0 saturated heterocycles. The van der Waals surface area contributed by atoms with Gasteiger partial charge in [-0.2, -0.15) is 0 Å². The molecule has 1 nitrogen and oxygen atoms in total. The number of aryl methyl sites for hydroxylation is 2. The summed E-state index contributed by atoms with van der Waals surface area (Å²) in [7, 11) is 0. The Morgan fingerprint density at radius 1 is 0.750 bits per heavy atom. The standard InChI is InChI=1S/C23H24O/c1-16-4-8-19(9-5-16)14-21-12-18(3)13-22(23(21)24)15-20-10-6-17(2)7-11-20/h4-11,14-15,18H,12-13H2,1-3H3/b21-14-,22-15+. The zero-order valence-corrected chi connectivity index (χ0v) is 14.7. The monoisotopic (exact) mass is 316 g/mol. The fraction of sp³-hybridized carbons (Fsp3) is 0.261. The maximum Gasteiger partial charge on any atom is 0.185 e. The molecule has 2 aromatic rings. The van der Waals surface area contributed by atoms with Crippen LogP contribution in [0.3, 0.4) is 0 Å². The van der Waals surface area contributed by atoms with Crippen molar-refractivity contribution in [3.05, 3.63) is 81.9 Å². The van der Waals surface area contributed by atoms with Gasteiger partial charge in [-0.3, -0.25) is 4.79 Å². The average Bonchev–Trinajstić information content (AvgIpc) is 2.56. The van der Waals surface area contributed by atoms with Crippen molar-refractivity contribution in [3.8, 4) is 0 Å². The van der Waals surface area contributed by atoms with Crippen LogP contribution in [0.1, 0.15) is 42.0 Å². The first-order valence-electron chi connectivity index (χ1n) is 8.60. The van der Waals surface area contributed by atoms with E-state index in [4.69, 9.17) is 0 Å². The molecule has 2 aromatic carbocycles. The summed E-state index contributed by atoms with van der Waals surface area (Å²) in [4.78, 5) is 12.9. The highest BCUT2D eigenvalue weighted by molar-refractivity contribution is 6.14. The third-order valence-corrected chi connectivity index (χ3v) is 4.56. The Balaban J connectivity index is 1.90.